The SMILES string of the molecule is CC(C)(Cn1cnnc1CO)c1cccs1. The van der Waals surface area contributed by atoms with Crippen molar-refractivity contribution in [3.8, 4) is 0 Å². The van der Waals surface area contributed by atoms with Gasteiger partial charge in [0.15, 0.2) is 5.82 Å². The van der Waals surface area contributed by atoms with Gasteiger partial charge in [0, 0.05) is 16.8 Å². The minimum absolute atomic E-state index is 0.0282. The highest BCUT2D eigenvalue weighted by atomic mass is 32.1. The number of nitrogens with zero attached hydrogens (tertiary/aromatic N) is 3. The predicted molar refractivity (Wildman–Crippen MR) is 63.3 cm³/mol. The third-order valence-electron chi connectivity index (χ3n) is 2.59. The van der Waals surface area contributed by atoms with E-state index in [1.165, 1.54) is 4.88 Å². The first-order chi connectivity index (χ1) is 7.63. The zero-order valence-electron chi connectivity index (χ0n) is 9.42. The van der Waals surface area contributed by atoms with Crippen LogP contribution in [0.3, 0.4) is 0 Å². The van der Waals surface area contributed by atoms with Gasteiger partial charge in [0.25, 0.3) is 0 Å². The molecule has 2 rings (SSSR count). The Morgan fingerprint density at radius 1 is 1.50 bits per heavy atom. The van der Waals surface area contributed by atoms with Crippen molar-refractivity contribution in [1.29, 1.82) is 0 Å². The molecular weight excluding hydrogens is 222 g/mol. The van der Waals surface area contributed by atoms with Gasteiger partial charge in [-0.3, -0.25) is 0 Å². The van der Waals surface area contributed by atoms with Crippen LogP contribution >= 0.6 is 11.3 Å². The van der Waals surface area contributed by atoms with Crippen LogP contribution in [-0.2, 0) is 18.6 Å². The molecule has 4 nitrogen and oxygen atoms in total. The molecule has 86 valence electrons. The molecule has 0 fully saturated rings. The third kappa shape index (κ3) is 2.15. The Kier molecular flexibility index (Phi) is 3.07. The van der Waals surface area contributed by atoms with E-state index in [-0.39, 0.29) is 12.0 Å². The lowest BCUT2D eigenvalue weighted by atomic mass is 9.91. The molecule has 0 radical (unpaired) electrons. The Bertz CT molecular complexity index is 448. The number of hydrogen-bond donors (Lipinski definition) is 1. The van der Waals surface area contributed by atoms with Crippen molar-refractivity contribution < 1.29 is 5.11 Å². The maximum absolute atomic E-state index is 9.11. The van der Waals surface area contributed by atoms with Crippen LogP contribution in [0.15, 0.2) is 23.8 Å². The van der Waals surface area contributed by atoms with E-state index < -0.39 is 0 Å². The zero-order chi connectivity index (χ0) is 11.6. The molecule has 2 aromatic heterocycles. The normalized spacial score (nSPS) is 11.9. The van der Waals surface area contributed by atoms with Crippen LogP contribution in [0.5, 0.6) is 0 Å². The number of thiophene rings is 1. The summed E-state index contributed by atoms with van der Waals surface area (Å²) in [6.45, 7) is 5.07. The number of aliphatic hydroxyl groups is 1. The van der Waals surface area contributed by atoms with E-state index in [1.807, 2.05) is 4.57 Å². The van der Waals surface area contributed by atoms with Crippen LogP contribution in [-0.4, -0.2) is 19.9 Å². The third-order valence-corrected chi connectivity index (χ3v) is 3.83. The molecule has 0 amide bonds. The molecule has 0 aromatic carbocycles. The predicted octanol–water partition coefficient (Wildman–Crippen LogP) is 1.81. The van der Waals surface area contributed by atoms with E-state index in [2.05, 4.69) is 41.6 Å². The van der Waals surface area contributed by atoms with Crippen molar-refractivity contribution in [2.75, 3.05) is 0 Å². The summed E-state index contributed by atoms with van der Waals surface area (Å²) in [4.78, 5) is 1.32. The molecule has 0 atom stereocenters. The van der Waals surface area contributed by atoms with Gasteiger partial charge in [0.1, 0.15) is 12.9 Å². The molecule has 0 aliphatic heterocycles. The van der Waals surface area contributed by atoms with E-state index in [4.69, 9.17) is 5.11 Å². The second kappa shape index (κ2) is 4.35. The van der Waals surface area contributed by atoms with Crippen LogP contribution in [0.25, 0.3) is 0 Å². The van der Waals surface area contributed by atoms with Gasteiger partial charge in [0.2, 0.25) is 0 Å². The van der Waals surface area contributed by atoms with Gasteiger partial charge in [-0.25, -0.2) is 0 Å². The van der Waals surface area contributed by atoms with Crippen molar-refractivity contribution in [2.24, 2.45) is 0 Å². The van der Waals surface area contributed by atoms with E-state index in [9.17, 15) is 0 Å². The summed E-state index contributed by atoms with van der Waals surface area (Å²) in [5.41, 5.74) is 0.0282. The van der Waals surface area contributed by atoms with Crippen LogP contribution in [0.4, 0.5) is 0 Å². The largest absolute Gasteiger partial charge is 0.388 e. The molecule has 1 N–H and O–H groups in total. The molecule has 0 saturated heterocycles. The number of aromatic nitrogens is 3. The number of aliphatic hydroxyl groups excluding tert-OH is 1. The molecule has 0 bridgehead atoms. The van der Waals surface area contributed by atoms with Gasteiger partial charge in [0.05, 0.1) is 0 Å². The average Bonchev–Trinajstić information content (AvgIpc) is 2.86. The Labute approximate surface area is 98.6 Å². The Morgan fingerprint density at radius 2 is 2.31 bits per heavy atom. The average molecular weight is 237 g/mol. The molecule has 0 aliphatic carbocycles. The summed E-state index contributed by atoms with van der Waals surface area (Å²) in [6.07, 6.45) is 1.67. The fraction of sp³-hybridized carbons (Fsp3) is 0.455. The highest BCUT2D eigenvalue weighted by molar-refractivity contribution is 7.10. The van der Waals surface area contributed by atoms with Gasteiger partial charge >= 0.3 is 0 Å². The lowest BCUT2D eigenvalue weighted by Crippen LogP contribution is -2.24. The summed E-state index contributed by atoms with van der Waals surface area (Å²) in [7, 11) is 0. The van der Waals surface area contributed by atoms with Crippen molar-refractivity contribution in [1.82, 2.24) is 14.8 Å². The lowest BCUT2D eigenvalue weighted by molar-refractivity contribution is 0.260. The van der Waals surface area contributed by atoms with Gasteiger partial charge in [-0.05, 0) is 11.4 Å². The highest BCUT2D eigenvalue weighted by Gasteiger charge is 2.23. The minimum Gasteiger partial charge on any atom is -0.388 e. The first-order valence-electron chi connectivity index (χ1n) is 5.15. The van der Waals surface area contributed by atoms with Crippen molar-refractivity contribution in [3.63, 3.8) is 0 Å². The first-order valence-corrected chi connectivity index (χ1v) is 6.03. The van der Waals surface area contributed by atoms with Crippen molar-refractivity contribution >= 4 is 11.3 Å². The van der Waals surface area contributed by atoms with Gasteiger partial charge in [-0.1, -0.05) is 19.9 Å². The molecule has 0 unspecified atom stereocenters. The number of rotatable bonds is 4. The van der Waals surface area contributed by atoms with Crippen molar-refractivity contribution in [3.05, 3.63) is 34.5 Å². The van der Waals surface area contributed by atoms with Gasteiger partial charge in [-0.2, -0.15) is 0 Å². The van der Waals surface area contributed by atoms with Crippen LogP contribution < -0.4 is 0 Å². The fourth-order valence-corrected chi connectivity index (χ4v) is 2.55. The van der Waals surface area contributed by atoms with Gasteiger partial charge in [-0.15, -0.1) is 21.5 Å². The molecule has 0 aliphatic rings. The van der Waals surface area contributed by atoms with E-state index in [0.29, 0.717) is 5.82 Å². The maximum Gasteiger partial charge on any atom is 0.158 e. The Morgan fingerprint density at radius 3 is 2.94 bits per heavy atom. The summed E-state index contributed by atoms with van der Waals surface area (Å²) < 4.78 is 1.90. The zero-order valence-corrected chi connectivity index (χ0v) is 10.2. The van der Waals surface area contributed by atoms with Crippen LogP contribution in [0.2, 0.25) is 0 Å². The minimum atomic E-state index is -0.0689. The summed E-state index contributed by atoms with van der Waals surface area (Å²) >= 11 is 1.75. The molecule has 5 heteroatoms. The second-order valence-electron chi connectivity index (χ2n) is 4.39. The van der Waals surface area contributed by atoms with E-state index >= 15 is 0 Å². The molecular formula is C11H15N3OS. The molecule has 2 aromatic rings. The first kappa shape index (κ1) is 11.3. The topological polar surface area (TPSA) is 50.9 Å². The van der Waals surface area contributed by atoms with Crippen LogP contribution in [0, 0.1) is 0 Å². The Balaban J connectivity index is 2.21. The van der Waals surface area contributed by atoms with Crippen LogP contribution in [0.1, 0.15) is 24.5 Å². The molecule has 0 saturated carbocycles. The summed E-state index contributed by atoms with van der Waals surface area (Å²) in [6, 6.07) is 4.19. The summed E-state index contributed by atoms with van der Waals surface area (Å²) in [5.74, 6) is 0.615. The number of hydrogen-bond acceptors (Lipinski definition) is 4. The van der Waals surface area contributed by atoms with Crippen molar-refractivity contribution in [2.45, 2.75) is 32.4 Å². The Hall–Kier alpha value is -1.20. The van der Waals surface area contributed by atoms with E-state index in [0.717, 1.165) is 6.54 Å². The monoisotopic (exact) mass is 237 g/mol. The molecule has 16 heavy (non-hydrogen) atoms. The highest BCUT2D eigenvalue weighted by Crippen LogP contribution is 2.29. The summed E-state index contributed by atoms with van der Waals surface area (Å²) in [5, 5.41) is 18.9. The lowest BCUT2D eigenvalue weighted by Gasteiger charge is -2.24. The standard InChI is InChI=1S/C11H15N3OS/c1-11(2,9-4-3-5-16-9)7-14-8-12-13-10(14)6-15/h3-5,8,15H,6-7H2,1-2H3. The molecule has 2 heterocycles. The van der Waals surface area contributed by atoms with E-state index in [1.54, 1.807) is 17.7 Å². The second-order valence-corrected chi connectivity index (χ2v) is 5.34. The quantitative estimate of drug-likeness (QED) is 0.882. The maximum atomic E-state index is 9.11. The fourth-order valence-electron chi connectivity index (χ4n) is 1.70. The van der Waals surface area contributed by atoms with Gasteiger partial charge < -0.3 is 9.67 Å². The smallest absolute Gasteiger partial charge is 0.158 e. The molecule has 0 spiro atoms.